The van der Waals surface area contributed by atoms with Crippen molar-refractivity contribution in [1.82, 2.24) is 24.7 Å². The molecule has 1 aliphatic rings. The minimum Gasteiger partial charge on any atom is -0.353 e. The predicted molar refractivity (Wildman–Crippen MR) is 120 cm³/mol. The van der Waals surface area contributed by atoms with Gasteiger partial charge in [0.05, 0.1) is 6.42 Å². The molecule has 2 aromatic heterocycles. The smallest absolute Gasteiger partial charge is 0.227 e. The standard InChI is InChI=1S/C24H23FN6O/c25-20-9-7-18(8-10-20)17-23(32)30-14-4-13-29(15-16-30)22-12-11-21-26-27-24(31(21)28-22)19-5-2-1-3-6-19/h1-3,5-12H,4,13-17H2. The molecular weight excluding hydrogens is 407 g/mol. The van der Waals surface area contributed by atoms with Crippen molar-refractivity contribution in [1.29, 1.82) is 0 Å². The first-order valence-corrected chi connectivity index (χ1v) is 10.7. The molecule has 8 heteroatoms. The number of amides is 1. The van der Waals surface area contributed by atoms with E-state index >= 15 is 0 Å². The van der Waals surface area contributed by atoms with Crippen LogP contribution >= 0.6 is 0 Å². The fourth-order valence-electron chi connectivity index (χ4n) is 4.00. The Kier molecular flexibility index (Phi) is 5.49. The highest BCUT2D eigenvalue weighted by Gasteiger charge is 2.21. The lowest BCUT2D eigenvalue weighted by Crippen LogP contribution is -2.36. The van der Waals surface area contributed by atoms with E-state index in [1.807, 2.05) is 47.4 Å². The molecule has 0 spiro atoms. The first-order valence-electron chi connectivity index (χ1n) is 10.7. The maximum absolute atomic E-state index is 13.1. The lowest BCUT2D eigenvalue weighted by Gasteiger charge is -2.23. The third-order valence-electron chi connectivity index (χ3n) is 5.72. The van der Waals surface area contributed by atoms with Gasteiger partial charge in [-0.25, -0.2) is 4.39 Å². The normalized spacial score (nSPS) is 14.5. The maximum atomic E-state index is 13.1. The lowest BCUT2D eigenvalue weighted by atomic mass is 10.1. The number of rotatable bonds is 4. The summed E-state index contributed by atoms with van der Waals surface area (Å²) < 4.78 is 14.9. The molecule has 32 heavy (non-hydrogen) atoms. The molecule has 3 heterocycles. The van der Waals surface area contributed by atoms with Crippen molar-refractivity contribution in [2.75, 3.05) is 31.1 Å². The summed E-state index contributed by atoms with van der Waals surface area (Å²) in [5.41, 5.74) is 2.47. The summed E-state index contributed by atoms with van der Waals surface area (Å²) in [5, 5.41) is 13.3. The second-order valence-corrected chi connectivity index (χ2v) is 7.88. The van der Waals surface area contributed by atoms with Crippen molar-refractivity contribution >= 4 is 17.4 Å². The number of hydrogen-bond donors (Lipinski definition) is 0. The van der Waals surface area contributed by atoms with Crippen LogP contribution < -0.4 is 4.90 Å². The van der Waals surface area contributed by atoms with E-state index in [1.54, 1.807) is 16.6 Å². The molecule has 2 aromatic carbocycles. The molecule has 5 rings (SSSR count). The predicted octanol–water partition coefficient (Wildman–Crippen LogP) is 3.21. The molecule has 1 fully saturated rings. The van der Waals surface area contributed by atoms with Gasteiger partial charge in [0.2, 0.25) is 5.91 Å². The van der Waals surface area contributed by atoms with E-state index in [1.165, 1.54) is 12.1 Å². The zero-order valence-corrected chi connectivity index (χ0v) is 17.6. The highest BCUT2D eigenvalue weighted by molar-refractivity contribution is 5.79. The van der Waals surface area contributed by atoms with Crippen molar-refractivity contribution in [2.24, 2.45) is 0 Å². The van der Waals surface area contributed by atoms with Gasteiger partial charge in [0.1, 0.15) is 11.6 Å². The summed E-state index contributed by atoms with van der Waals surface area (Å²) in [5.74, 6) is 1.31. The number of anilines is 1. The van der Waals surface area contributed by atoms with Crippen LogP contribution in [-0.2, 0) is 11.2 Å². The summed E-state index contributed by atoms with van der Waals surface area (Å²) in [6.45, 7) is 2.81. The number of carbonyl (C=O) groups is 1. The average Bonchev–Trinajstić information content (AvgIpc) is 3.08. The number of benzene rings is 2. The summed E-state index contributed by atoms with van der Waals surface area (Å²) in [7, 11) is 0. The third-order valence-corrected chi connectivity index (χ3v) is 5.72. The first-order chi connectivity index (χ1) is 15.7. The largest absolute Gasteiger partial charge is 0.353 e. The number of halogens is 1. The van der Waals surface area contributed by atoms with Crippen molar-refractivity contribution in [3.63, 3.8) is 0 Å². The van der Waals surface area contributed by atoms with Crippen LogP contribution in [0.2, 0.25) is 0 Å². The molecule has 0 aliphatic carbocycles. The number of fused-ring (bicyclic) bond motifs is 1. The summed E-state index contributed by atoms with van der Waals surface area (Å²) >= 11 is 0. The first kappa shape index (κ1) is 20.1. The van der Waals surface area contributed by atoms with Crippen LogP contribution in [0, 0.1) is 5.82 Å². The van der Waals surface area contributed by atoms with Gasteiger partial charge < -0.3 is 9.80 Å². The van der Waals surface area contributed by atoms with E-state index < -0.39 is 0 Å². The maximum Gasteiger partial charge on any atom is 0.227 e. The van der Waals surface area contributed by atoms with Crippen LogP contribution in [0.25, 0.3) is 17.0 Å². The fourth-order valence-corrected chi connectivity index (χ4v) is 4.00. The minimum atomic E-state index is -0.292. The van der Waals surface area contributed by atoms with Gasteiger partial charge in [0.25, 0.3) is 0 Å². The highest BCUT2D eigenvalue weighted by Crippen LogP contribution is 2.20. The van der Waals surface area contributed by atoms with Crippen molar-refractivity contribution in [3.8, 4) is 11.4 Å². The molecule has 0 radical (unpaired) electrons. The molecule has 0 unspecified atom stereocenters. The van der Waals surface area contributed by atoms with Gasteiger partial charge in [-0.3, -0.25) is 4.79 Å². The monoisotopic (exact) mass is 430 g/mol. The number of aromatic nitrogens is 4. The SMILES string of the molecule is O=C(Cc1ccc(F)cc1)N1CCCN(c2ccc3nnc(-c4ccccc4)n3n2)CC1. The second kappa shape index (κ2) is 8.74. The molecule has 162 valence electrons. The zero-order valence-electron chi connectivity index (χ0n) is 17.6. The summed E-state index contributed by atoms with van der Waals surface area (Å²) in [6.07, 6.45) is 1.13. The van der Waals surface area contributed by atoms with Crippen LogP contribution in [0.15, 0.2) is 66.7 Å². The molecule has 0 bridgehead atoms. The molecule has 7 nitrogen and oxygen atoms in total. The topological polar surface area (TPSA) is 66.6 Å². The Morgan fingerprint density at radius 2 is 1.69 bits per heavy atom. The summed E-state index contributed by atoms with van der Waals surface area (Å²) in [6, 6.07) is 19.9. The molecule has 1 amide bonds. The van der Waals surface area contributed by atoms with Crippen LogP contribution in [0.4, 0.5) is 10.2 Å². The van der Waals surface area contributed by atoms with E-state index in [0.717, 1.165) is 29.9 Å². The van der Waals surface area contributed by atoms with Crippen LogP contribution in [-0.4, -0.2) is 56.8 Å². The summed E-state index contributed by atoms with van der Waals surface area (Å²) in [4.78, 5) is 16.8. The van der Waals surface area contributed by atoms with E-state index in [-0.39, 0.29) is 18.1 Å². The second-order valence-electron chi connectivity index (χ2n) is 7.88. The molecular formula is C24H23FN6O. The molecule has 0 atom stereocenters. The van der Waals surface area contributed by atoms with Gasteiger partial charge >= 0.3 is 0 Å². The Hall–Kier alpha value is -3.81. The Balaban J connectivity index is 1.31. The van der Waals surface area contributed by atoms with Gasteiger partial charge in [-0.15, -0.1) is 15.3 Å². The van der Waals surface area contributed by atoms with Crippen LogP contribution in [0.5, 0.6) is 0 Å². The Morgan fingerprint density at radius 1 is 0.875 bits per heavy atom. The Morgan fingerprint density at radius 3 is 2.50 bits per heavy atom. The molecule has 0 N–H and O–H groups in total. The van der Waals surface area contributed by atoms with E-state index in [4.69, 9.17) is 5.10 Å². The quantitative estimate of drug-likeness (QED) is 0.497. The van der Waals surface area contributed by atoms with Crippen LogP contribution in [0.1, 0.15) is 12.0 Å². The molecule has 1 aliphatic heterocycles. The molecule has 1 saturated heterocycles. The third kappa shape index (κ3) is 4.16. The van der Waals surface area contributed by atoms with Crippen molar-refractivity contribution in [3.05, 3.63) is 78.1 Å². The highest BCUT2D eigenvalue weighted by atomic mass is 19.1. The number of carbonyl (C=O) groups excluding carboxylic acids is 1. The fraction of sp³-hybridized carbons (Fsp3) is 0.250. The van der Waals surface area contributed by atoms with E-state index in [0.29, 0.717) is 31.1 Å². The lowest BCUT2D eigenvalue weighted by molar-refractivity contribution is -0.130. The van der Waals surface area contributed by atoms with E-state index in [9.17, 15) is 9.18 Å². The van der Waals surface area contributed by atoms with Gasteiger partial charge in [0, 0.05) is 31.7 Å². The van der Waals surface area contributed by atoms with Crippen LogP contribution in [0.3, 0.4) is 0 Å². The van der Waals surface area contributed by atoms with Gasteiger partial charge in [-0.05, 0) is 36.2 Å². The Labute approximate surface area is 185 Å². The zero-order chi connectivity index (χ0) is 21.9. The van der Waals surface area contributed by atoms with Crippen molar-refractivity contribution < 1.29 is 9.18 Å². The number of hydrogen-bond acceptors (Lipinski definition) is 5. The van der Waals surface area contributed by atoms with Gasteiger partial charge in [-0.1, -0.05) is 42.5 Å². The van der Waals surface area contributed by atoms with Gasteiger partial charge in [-0.2, -0.15) is 4.52 Å². The molecule has 4 aromatic rings. The van der Waals surface area contributed by atoms with Gasteiger partial charge in [0.15, 0.2) is 11.5 Å². The molecule has 0 saturated carbocycles. The number of nitrogens with zero attached hydrogens (tertiary/aromatic N) is 6. The van der Waals surface area contributed by atoms with Crippen molar-refractivity contribution in [2.45, 2.75) is 12.8 Å². The van der Waals surface area contributed by atoms with E-state index in [2.05, 4.69) is 15.1 Å². The Bertz CT molecular complexity index is 1220. The average molecular weight is 430 g/mol. The minimum absolute atomic E-state index is 0.0621.